The predicted molar refractivity (Wildman–Crippen MR) is 80.1 cm³/mol. The van der Waals surface area contributed by atoms with E-state index in [1.165, 1.54) is 19.3 Å². The van der Waals surface area contributed by atoms with Crippen molar-refractivity contribution in [1.82, 2.24) is 9.97 Å². The van der Waals surface area contributed by atoms with Crippen LogP contribution in [0.25, 0.3) is 11.4 Å². The molecule has 0 aliphatic carbocycles. The largest absolute Gasteiger partial charge is 0.497 e. The van der Waals surface area contributed by atoms with Gasteiger partial charge in [-0.25, -0.2) is 9.97 Å². The number of methoxy groups -OCH3 is 1. The van der Waals surface area contributed by atoms with Crippen molar-refractivity contribution in [3.05, 3.63) is 36.5 Å². The van der Waals surface area contributed by atoms with Crippen LogP contribution in [0.2, 0.25) is 0 Å². The summed E-state index contributed by atoms with van der Waals surface area (Å²) < 4.78 is 5.17. The molecule has 1 aromatic carbocycles. The third kappa shape index (κ3) is 2.74. The minimum absolute atomic E-state index is 0.774. The molecule has 0 bridgehead atoms. The molecule has 0 radical (unpaired) electrons. The Morgan fingerprint density at radius 3 is 2.45 bits per heavy atom. The molecule has 1 aromatic heterocycles. The Labute approximate surface area is 119 Å². The SMILES string of the molecule is COc1ccc(-c2nccc(N3CCCCC3)n2)cc1. The number of aromatic nitrogens is 2. The zero-order valence-corrected chi connectivity index (χ0v) is 11.7. The lowest BCUT2D eigenvalue weighted by molar-refractivity contribution is 0.415. The van der Waals surface area contributed by atoms with Gasteiger partial charge in [-0.05, 0) is 49.6 Å². The molecule has 1 aliphatic rings. The highest BCUT2D eigenvalue weighted by molar-refractivity contribution is 5.58. The van der Waals surface area contributed by atoms with Gasteiger partial charge in [-0.2, -0.15) is 0 Å². The van der Waals surface area contributed by atoms with Crippen LogP contribution in [0.4, 0.5) is 5.82 Å². The molecular formula is C16H19N3O. The van der Waals surface area contributed by atoms with Crippen LogP contribution in [0.1, 0.15) is 19.3 Å². The molecule has 0 atom stereocenters. The molecule has 3 rings (SSSR count). The molecule has 1 saturated heterocycles. The number of rotatable bonds is 3. The van der Waals surface area contributed by atoms with E-state index in [9.17, 15) is 0 Å². The van der Waals surface area contributed by atoms with E-state index >= 15 is 0 Å². The Hall–Kier alpha value is -2.10. The highest BCUT2D eigenvalue weighted by Gasteiger charge is 2.13. The lowest BCUT2D eigenvalue weighted by Crippen LogP contribution is -2.30. The Morgan fingerprint density at radius 1 is 1.00 bits per heavy atom. The molecule has 0 N–H and O–H groups in total. The van der Waals surface area contributed by atoms with Crippen LogP contribution in [-0.4, -0.2) is 30.2 Å². The highest BCUT2D eigenvalue weighted by Crippen LogP contribution is 2.22. The summed E-state index contributed by atoms with van der Waals surface area (Å²) in [6.45, 7) is 2.19. The van der Waals surface area contributed by atoms with Gasteiger partial charge in [-0.1, -0.05) is 0 Å². The summed E-state index contributed by atoms with van der Waals surface area (Å²) in [5.41, 5.74) is 1.02. The van der Waals surface area contributed by atoms with Crippen molar-refractivity contribution >= 4 is 5.82 Å². The fraction of sp³-hybridized carbons (Fsp3) is 0.375. The van der Waals surface area contributed by atoms with Crippen molar-refractivity contribution < 1.29 is 4.74 Å². The molecule has 20 heavy (non-hydrogen) atoms. The zero-order chi connectivity index (χ0) is 13.8. The van der Waals surface area contributed by atoms with Crippen LogP contribution in [0.5, 0.6) is 5.75 Å². The smallest absolute Gasteiger partial charge is 0.161 e. The van der Waals surface area contributed by atoms with Crippen LogP contribution in [-0.2, 0) is 0 Å². The first-order valence-corrected chi connectivity index (χ1v) is 7.09. The van der Waals surface area contributed by atoms with E-state index < -0.39 is 0 Å². The Balaban J connectivity index is 1.85. The average Bonchev–Trinajstić information content (AvgIpc) is 2.56. The van der Waals surface area contributed by atoms with Gasteiger partial charge >= 0.3 is 0 Å². The standard InChI is InChI=1S/C16H19N3O/c1-20-14-7-5-13(6-8-14)16-17-10-9-15(18-16)19-11-3-2-4-12-19/h5-10H,2-4,11-12H2,1H3. The van der Waals surface area contributed by atoms with Crippen molar-refractivity contribution in [2.24, 2.45) is 0 Å². The molecular weight excluding hydrogens is 250 g/mol. The third-order valence-corrected chi connectivity index (χ3v) is 3.67. The first kappa shape index (κ1) is 12.9. The summed E-state index contributed by atoms with van der Waals surface area (Å²) in [5.74, 6) is 2.65. The van der Waals surface area contributed by atoms with Crippen molar-refractivity contribution in [3.8, 4) is 17.1 Å². The van der Waals surface area contributed by atoms with Crippen molar-refractivity contribution in [2.45, 2.75) is 19.3 Å². The molecule has 0 saturated carbocycles. The second-order valence-corrected chi connectivity index (χ2v) is 5.01. The summed E-state index contributed by atoms with van der Waals surface area (Å²) in [4.78, 5) is 11.4. The van der Waals surface area contributed by atoms with Gasteiger partial charge in [0.2, 0.25) is 0 Å². The minimum atomic E-state index is 0.774. The molecule has 4 heteroatoms. The topological polar surface area (TPSA) is 38.2 Å². The van der Waals surface area contributed by atoms with Gasteiger partial charge in [0.15, 0.2) is 5.82 Å². The summed E-state index contributed by atoms with van der Waals surface area (Å²) in [6.07, 6.45) is 5.67. The van der Waals surface area contributed by atoms with Gasteiger partial charge < -0.3 is 9.64 Å². The van der Waals surface area contributed by atoms with E-state index in [4.69, 9.17) is 9.72 Å². The number of hydrogen-bond acceptors (Lipinski definition) is 4. The van der Waals surface area contributed by atoms with E-state index in [-0.39, 0.29) is 0 Å². The van der Waals surface area contributed by atoms with Crippen molar-refractivity contribution in [1.29, 1.82) is 0 Å². The Bertz CT molecular complexity index is 562. The summed E-state index contributed by atoms with van der Waals surface area (Å²) >= 11 is 0. The van der Waals surface area contributed by atoms with Gasteiger partial charge in [0.1, 0.15) is 11.6 Å². The number of piperidine rings is 1. The fourth-order valence-electron chi connectivity index (χ4n) is 2.53. The van der Waals surface area contributed by atoms with Crippen LogP contribution in [0.3, 0.4) is 0 Å². The van der Waals surface area contributed by atoms with Gasteiger partial charge in [0.05, 0.1) is 7.11 Å². The lowest BCUT2D eigenvalue weighted by atomic mass is 10.1. The molecule has 1 fully saturated rings. The number of nitrogens with zero attached hydrogens (tertiary/aromatic N) is 3. The molecule has 104 valence electrons. The van der Waals surface area contributed by atoms with Crippen LogP contribution in [0, 0.1) is 0 Å². The second kappa shape index (κ2) is 5.90. The predicted octanol–water partition coefficient (Wildman–Crippen LogP) is 3.14. The van der Waals surface area contributed by atoms with Gasteiger partial charge in [-0.15, -0.1) is 0 Å². The molecule has 0 unspecified atom stereocenters. The van der Waals surface area contributed by atoms with Crippen molar-refractivity contribution in [2.75, 3.05) is 25.1 Å². The van der Waals surface area contributed by atoms with E-state index in [2.05, 4.69) is 9.88 Å². The maximum absolute atomic E-state index is 5.17. The van der Waals surface area contributed by atoms with E-state index in [1.807, 2.05) is 36.5 Å². The molecule has 0 amide bonds. The minimum Gasteiger partial charge on any atom is -0.497 e. The quantitative estimate of drug-likeness (QED) is 0.858. The Kier molecular flexibility index (Phi) is 3.81. The number of anilines is 1. The van der Waals surface area contributed by atoms with E-state index in [1.54, 1.807) is 7.11 Å². The van der Waals surface area contributed by atoms with Gasteiger partial charge in [0.25, 0.3) is 0 Å². The summed E-state index contributed by atoms with van der Waals surface area (Å²) in [6, 6.07) is 9.86. The maximum Gasteiger partial charge on any atom is 0.161 e. The fourth-order valence-corrected chi connectivity index (χ4v) is 2.53. The maximum atomic E-state index is 5.17. The summed E-state index contributed by atoms with van der Waals surface area (Å²) in [5, 5.41) is 0. The second-order valence-electron chi connectivity index (χ2n) is 5.01. The molecule has 0 spiro atoms. The number of ether oxygens (including phenoxy) is 1. The monoisotopic (exact) mass is 269 g/mol. The molecule has 4 nitrogen and oxygen atoms in total. The average molecular weight is 269 g/mol. The van der Waals surface area contributed by atoms with Crippen molar-refractivity contribution in [3.63, 3.8) is 0 Å². The zero-order valence-electron chi connectivity index (χ0n) is 11.7. The highest BCUT2D eigenvalue weighted by atomic mass is 16.5. The number of benzene rings is 1. The molecule has 2 aromatic rings. The van der Waals surface area contributed by atoms with Gasteiger partial charge in [-0.3, -0.25) is 0 Å². The van der Waals surface area contributed by atoms with Crippen LogP contribution < -0.4 is 9.64 Å². The molecule has 2 heterocycles. The normalized spacial score (nSPS) is 15.2. The molecule has 1 aliphatic heterocycles. The Morgan fingerprint density at radius 2 is 1.75 bits per heavy atom. The van der Waals surface area contributed by atoms with Gasteiger partial charge in [0, 0.05) is 24.8 Å². The van der Waals surface area contributed by atoms with E-state index in [0.717, 1.165) is 36.0 Å². The first-order chi connectivity index (χ1) is 9.86. The third-order valence-electron chi connectivity index (χ3n) is 3.67. The lowest BCUT2D eigenvalue weighted by Gasteiger charge is -2.27. The van der Waals surface area contributed by atoms with Crippen LogP contribution in [0.15, 0.2) is 36.5 Å². The number of hydrogen-bond donors (Lipinski definition) is 0. The summed E-state index contributed by atoms with van der Waals surface area (Å²) in [7, 11) is 1.67. The first-order valence-electron chi connectivity index (χ1n) is 7.09. The van der Waals surface area contributed by atoms with E-state index in [0.29, 0.717) is 0 Å². The van der Waals surface area contributed by atoms with Crippen LogP contribution >= 0.6 is 0 Å².